The van der Waals surface area contributed by atoms with Gasteiger partial charge < -0.3 is 5.32 Å². The Morgan fingerprint density at radius 2 is 2.18 bits per heavy atom. The molecular formula is C4H7N3O3S. The molecule has 1 heterocycles. The summed E-state index contributed by atoms with van der Waals surface area (Å²) in [6.45, 7) is 0.424. The summed E-state index contributed by atoms with van der Waals surface area (Å²) in [7, 11) is -2.80. The van der Waals surface area contributed by atoms with Crippen LogP contribution in [-0.2, 0) is 10.9 Å². The van der Waals surface area contributed by atoms with E-state index in [1.807, 2.05) is 0 Å². The maximum absolute atomic E-state index is 10.6. The maximum Gasteiger partial charge on any atom is 0.320 e. The van der Waals surface area contributed by atoms with Crippen molar-refractivity contribution in [2.24, 2.45) is 4.40 Å². The summed E-state index contributed by atoms with van der Waals surface area (Å²) < 4.78 is 23.3. The molecule has 2 amide bonds. The van der Waals surface area contributed by atoms with E-state index in [9.17, 15) is 13.2 Å². The molecule has 0 saturated carbocycles. The van der Waals surface area contributed by atoms with Crippen molar-refractivity contribution >= 4 is 22.8 Å². The first-order chi connectivity index (χ1) is 5.18. The van der Waals surface area contributed by atoms with Gasteiger partial charge >= 0.3 is 6.03 Å². The van der Waals surface area contributed by atoms with Crippen LogP contribution in [0.1, 0.15) is 6.42 Å². The van der Waals surface area contributed by atoms with E-state index in [0.717, 1.165) is 0 Å². The van der Waals surface area contributed by atoms with E-state index in [1.165, 1.54) is 0 Å². The predicted molar refractivity (Wildman–Crippen MR) is 38.9 cm³/mol. The van der Waals surface area contributed by atoms with Gasteiger partial charge in [-0.25, -0.2) is 13.2 Å². The first kappa shape index (κ1) is 7.99. The second-order valence-corrected chi connectivity index (χ2v) is 2.59. The Morgan fingerprint density at radius 1 is 1.45 bits per heavy atom. The van der Waals surface area contributed by atoms with Gasteiger partial charge in [-0.2, -0.15) is 4.40 Å². The van der Waals surface area contributed by atoms with Crippen molar-refractivity contribution in [1.29, 1.82) is 0 Å². The predicted octanol–water partition coefficient (Wildman–Crippen LogP) is -1.39. The molecule has 1 aliphatic heterocycles. The van der Waals surface area contributed by atoms with Crippen LogP contribution in [0.25, 0.3) is 0 Å². The van der Waals surface area contributed by atoms with E-state index in [2.05, 4.69) is 15.0 Å². The molecule has 0 aliphatic carbocycles. The third kappa shape index (κ3) is 2.54. The molecule has 1 rings (SSSR count). The van der Waals surface area contributed by atoms with Crippen molar-refractivity contribution in [3.05, 3.63) is 0 Å². The zero-order valence-electron chi connectivity index (χ0n) is 5.53. The lowest BCUT2D eigenvalue weighted by atomic mass is 10.3. The van der Waals surface area contributed by atoms with Crippen LogP contribution < -0.4 is 10.6 Å². The fourth-order valence-corrected chi connectivity index (χ4v) is 1.05. The van der Waals surface area contributed by atoms with E-state index in [1.54, 1.807) is 0 Å². The first-order valence-corrected chi connectivity index (χ1v) is 4.08. The number of amidine groups is 1. The third-order valence-corrected chi connectivity index (χ3v) is 1.51. The molecule has 2 N–H and O–H groups in total. The van der Waals surface area contributed by atoms with Gasteiger partial charge in [-0.1, -0.05) is 0 Å². The van der Waals surface area contributed by atoms with Gasteiger partial charge in [-0.05, 0) is 0 Å². The van der Waals surface area contributed by atoms with Gasteiger partial charge in [0.25, 0.3) is 0 Å². The van der Waals surface area contributed by atoms with Crippen LogP contribution in [0.4, 0.5) is 4.79 Å². The van der Waals surface area contributed by atoms with E-state index in [4.69, 9.17) is 0 Å². The summed E-state index contributed by atoms with van der Waals surface area (Å²) in [6.07, 6.45) is 0.426. The topological polar surface area (TPSA) is 87.6 Å². The number of thiol groups is 1. The number of hydrogen-bond donors (Lipinski definition) is 3. The summed E-state index contributed by atoms with van der Waals surface area (Å²) in [6, 6.07) is -0.410. The number of urea groups is 1. The largest absolute Gasteiger partial charge is 0.337 e. The lowest BCUT2D eigenvalue weighted by Crippen LogP contribution is -2.46. The molecule has 1 saturated heterocycles. The van der Waals surface area contributed by atoms with Crippen LogP contribution in [0, 0.1) is 0 Å². The smallest absolute Gasteiger partial charge is 0.320 e. The number of carbonyl (C=O) groups excluding carboxylic acids is 1. The fraction of sp³-hybridized carbons (Fsp3) is 0.500. The van der Waals surface area contributed by atoms with Gasteiger partial charge in [0, 0.05) is 13.0 Å². The van der Waals surface area contributed by atoms with Crippen molar-refractivity contribution in [2.45, 2.75) is 6.42 Å². The Hall–Kier alpha value is -1.11. The van der Waals surface area contributed by atoms with Gasteiger partial charge in [0.05, 0.1) is 0 Å². The summed E-state index contributed by atoms with van der Waals surface area (Å²) in [5.74, 6) is 0.199. The number of hydrogen-bond acceptors (Lipinski definition) is 3. The van der Waals surface area contributed by atoms with Crippen LogP contribution in [0.2, 0.25) is 0 Å². The van der Waals surface area contributed by atoms with Crippen molar-refractivity contribution in [2.75, 3.05) is 6.54 Å². The highest BCUT2D eigenvalue weighted by Crippen LogP contribution is 1.88. The highest BCUT2D eigenvalue weighted by molar-refractivity contribution is 7.71. The number of amides is 2. The van der Waals surface area contributed by atoms with Crippen molar-refractivity contribution in [3.8, 4) is 0 Å². The van der Waals surface area contributed by atoms with Gasteiger partial charge in [0.15, 0.2) is 0 Å². The zero-order valence-corrected chi connectivity index (χ0v) is 6.43. The van der Waals surface area contributed by atoms with E-state index in [0.29, 0.717) is 13.0 Å². The van der Waals surface area contributed by atoms with Crippen LogP contribution in [0.15, 0.2) is 4.40 Å². The van der Waals surface area contributed by atoms with Crippen LogP contribution >= 0.6 is 0 Å². The monoisotopic (exact) mass is 177 g/mol. The molecule has 0 spiro atoms. The zero-order chi connectivity index (χ0) is 8.27. The highest BCUT2D eigenvalue weighted by atomic mass is 32.2. The lowest BCUT2D eigenvalue weighted by molar-refractivity contribution is 0.243. The second kappa shape index (κ2) is 3.33. The normalized spacial score (nSPS) is 21.5. The molecule has 0 aromatic carbocycles. The molecule has 6 nitrogen and oxygen atoms in total. The number of carbonyl (C=O) groups is 1. The standard InChI is InChI=1S/C4H7N3O3S/c8-4-5-2-1-3(6-4)7-11(9)10/h11H,1-2H2,(H2,5,6,7,8,9,10). The molecular weight excluding hydrogens is 170 g/mol. The molecule has 11 heavy (non-hydrogen) atoms. The van der Waals surface area contributed by atoms with E-state index in [-0.39, 0.29) is 5.84 Å². The van der Waals surface area contributed by atoms with Crippen LogP contribution in [0.5, 0.6) is 0 Å². The Kier molecular flexibility index (Phi) is 2.42. The summed E-state index contributed by atoms with van der Waals surface area (Å²) in [5.41, 5.74) is 0. The lowest BCUT2D eigenvalue weighted by Gasteiger charge is -2.13. The van der Waals surface area contributed by atoms with Gasteiger partial charge in [-0.3, -0.25) is 5.32 Å². The minimum Gasteiger partial charge on any atom is -0.337 e. The molecule has 0 atom stereocenters. The SMILES string of the molecule is O=C1NCCC(=N[SH](=O)=O)N1. The quantitative estimate of drug-likeness (QED) is 0.431. The first-order valence-electron chi connectivity index (χ1n) is 2.95. The average molecular weight is 177 g/mol. The van der Waals surface area contributed by atoms with E-state index >= 15 is 0 Å². The molecule has 7 heteroatoms. The Morgan fingerprint density at radius 3 is 2.73 bits per heavy atom. The van der Waals surface area contributed by atoms with Crippen molar-refractivity contribution in [3.63, 3.8) is 0 Å². The molecule has 1 aliphatic rings. The molecule has 1 fully saturated rings. The Labute approximate surface area is 64.8 Å². The minimum atomic E-state index is -2.80. The molecule has 0 radical (unpaired) electrons. The number of nitrogens with one attached hydrogen (secondary N) is 2. The fourth-order valence-electron chi connectivity index (χ4n) is 0.706. The van der Waals surface area contributed by atoms with E-state index < -0.39 is 16.9 Å². The third-order valence-electron chi connectivity index (χ3n) is 1.11. The molecule has 0 aromatic heterocycles. The Bertz CT molecular complexity index is 262. The number of rotatable bonds is 1. The molecule has 0 aromatic rings. The molecule has 62 valence electrons. The molecule has 0 unspecified atom stereocenters. The van der Waals surface area contributed by atoms with Gasteiger partial charge in [0.1, 0.15) is 5.84 Å². The van der Waals surface area contributed by atoms with Gasteiger partial charge in [0.2, 0.25) is 10.9 Å². The minimum absolute atomic E-state index is 0.199. The second-order valence-electron chi connectivity index (χ2n) is 1.92. The summed E-state index contributed by atoms with van der Waals surface area (Å²) in [5, 5.41) is 4.72. The summed E-state index contributed by atoms with van der Waals surface area (Å²) >= 11 is 0. The van der Waals surface area contributed by atoms with Gasteiger partial charge in [-0.15, -0.1) is 0 Å². The maximum atomic E-state index is 10.6. The van der Waals surface area contributed by atoms with Crippen molar-refractivity contribution in [1.82, 2.24) is 10.6 Å². The summed E-state index contributed by atoms with van der Waals surface area (Å²) in [4.78, 5) is 10.6. The highest BCUT2D eigenvalue weighted by Gasteiger charge is 2.11. The molecule has 0 bridgehead atoms. The average Bonchev–Trinajstić information content (AvgIpc) is 1.85. The van der Waals surface area contributed by atoms with Crippen LogP contribution in [0.3, 0.4) is 0 Å². The van der Waals surface area contributed by atoms with Crippen molar-refractivity contribution < 1.29 is 13.2 Å². The van der Waals surface area contributed by atoms with Crippen LogP contribution in [-0.4, -0.2) is 26.8 Å². The Balaban J connectivity index is 2.66. The number of nitrogens with zero attached hydrogens (tertiary/aromatic N) is 1.